The Morgan fingerprint density at radius 3 is 1.60 bits per heavy atom. The number of hydrogen-bond donors (Lipinski definition) is 0. The van der Waals surface area contributed by atoms with Crippen molar-refractivity contribution in [3.8, 4) is 40.2 Å². The third kappa shape index (κ3) is 7.16. The van der Waals surface area contributed by atoms with Crippen LogP contribution < -0.4 is 33.2 Å². The van der Waals surface area contributed by atoms with E-state index in [2.05, 4.69) is 0 Å². The highest BCUT2D eigenvalue weighted by Crippen LogP contribution is 2.39. The lowest BCUT2D eigenvalue weighted by atomic mass is 10.1. The first-order chi connectivity index (χ1) is 19.4. The van der Waals surface area contributed by atoms with E-state index >= 15 is 0 Å². The van der Waals surface area contributed by atoms with Gasteiger partial charge in [0.2, 0.25) is 11.5 Å². The van der Waals surface area contributed by atoms with Crippen LogP contribution in [0.4, 0.5) is 0 Å². The molecule has 0 fully saturated rings. The van der Waals surface area contributed by atoms with E-state index in [0.29, 0.717) is 51.4 Å². The van der Waals surface area contributed by atoms with Crippen LogP contribution in [0.5, 0.6) is 40.2 Å². The molecule has 10 nitrogen and oxygen atoms in total. The molecule has 0 radical (unpaired) electrons. The third-order valence-corrected chi connectivity index (χ3v) is 5.74. The van der Waals surface area contributed by atoms with Gasteiger partial charge in [0.25, 0.3) is 0 Å². The van der Waals surface area contributed by atoms with Gasteiger partial charge >= 0.3 is 5.97 Å². The highest BCUT2D eigenvalue weighted by Gasteiger charge is 2.18. The second-order valence-corrected chi connectivity index (χ2v) is 8.08. The second kappa shape index (κ2) is 14.3. The molecule has 0 heterocycles. The first kappa shape index (κ1) is 29.7. The van der Waals surface area contributed by atoms with E-state index in [1.807, 2.05) is 0 Å². The minimum Gasteiger partial charge on any atom is -0.493 e. The fourth-order valence-electron chi connectivity index (χ4n) is 3.76. The Bertz CT molecular complexity index is 1300. The molecule has 0 atom stereocenters. The maximum atomic E-state index is 12.7. The van der Waals surface area contributed by atoms with Gasteiger partial charge in [-0.1, -0.05) is 6.08 Å². The molecule has 0 saturated carbocycles. The number of carbonyl (C=O) groups excluding carboxylic acids is 2. The van der Waals surface area contributed by atoms with Crippen molar-refractivity contribution in [1.29, 1.82) is 0 Å². The van der Waals surface area contributed by atoms with Gasteiger partial charge in [-0.25, -0.2) is 4.79 Å². The fraction of sp³-hybridized carbons (Fsp3) is 0.267. The van der Waals surface area contributed by atoms with Crippen molar-refractivity contribution >= 4 is 17.8 Å². The van der Waals surface area contributed by atoms with Crippen molar-refractivity contribution < 1.29 is 47.5 Å². The number of esters is 1. The molecule has 3 rings (SSSR count). The molecule has 0 N–H and O–H groups in total. The molecule has 0 aliphatic rings. The number of benzene rings is 3. The van der Waals surface area contributed by atoms with Crippen molar-refractivity contribution in [3.63, 3.8) is 0 Å². The third-order valence-electron chi connectivity index (χ3n) is 5.74. The predicted molar refractivity (Wildman–Crippen MR) is 148 cm³/mol. The Kier molecular flexibility index (Phi) is 10.6. The average Bonchev–Trinajstić information content (AvgIpc) is 3.00. The highest BCUT2D eigenvalue weighted by atomic mass is 16.6. The van der Waals surface area contributed by atoms with Crippen LogP contribution in [0.3, 0.4) is 0 Å². The Hall–Kier alpha value is -4.86. The molecule has 10 heteroatoms. The first-order valence-corrected chi connectivity index (χ1v) is 12.1. The van der Waals surface area contributed by atoms with Gasteiger partial charge in [-0.05, 0) is 60.2 Å². The molecule has 0 aliphatic heterocycles. The largest absolute Gasteiger partial charge is 0.493 e. The summed E-state index contributed by atoms with van der Waals surface area (Å²) in [4.78, 5) is 25.2. The number of ether oxygens (including phenoxy) is 8. The predicted octanol–water partition coefficient (Wildman–Crippen LogP) is 4.87. The van der Waals surface area contributed by atoms with Crippen LogP contribution >= 0.6 is 0 Å². The molecule has 0 aromatic heterocycles. The Balaban J connectivity index is 1.55. The summed E-state index contributed by atoms with van der Waals surface area (Å²) in [5.41, 5.74) is 1.44. The van der Waals surface area contributed by atoms with Gasteiger partial charge in [0.1, 0.15) is 19.0 Å². The summed E-state index contributed by atoms with van der Waals surface area (Å²) in [5.74, 6) is 2.28. The molecule has 0 aliphatic carbocycles. The zero-order valence-electron chi connectivity index (χ0n) is 23.3. The molecule has 3 aromatic rings. The standard InChI is InChI=1S/C30H32O10/c1-33-24-15-19(16-25(34-2)28(24)37-5)7-12-23(31)20-8-10-22(11-9-20)39-13-14-40-30(32)21-17-26(35-3)29(38-6)27(18-21)36-4/h7-12,15-18H,13-14H2,1-6H3/b12-7+. The van der Waals surface area contributed by atoms with Crippen LogP contribution in [0, 0.1) is 0 Å². The molecule has 212 valence electrons. The summed E-state index contributed by atoms with van der Waals surface area (Å²) in [6.07, 6.45) is 3.12. The lowest BCUT2D eigenvalue weighted by Crippen LogP contribution is -2.13. The Morgan fingerprint density at radius 2 is 1.12 bits per heavy atom. The fourth-order valence-corrected chi connectivity index (χ4v) is 3.76. The van der Waals surface area contributed by atoms with E-state index in [4.69, 9.17) is 37.9 Å². The number of rotatable bonds is 14. The summed E-state index contributed by atoms with van der Waals surface area (Å²) in [6.45, 7) is 0.123. The molecular weight excluding hydrogens is 520 g/mol. The normalized spacial score (nSPS) is 10.6. The maximum absolute atomic E-state index is 12.7. The molecule has 3 aromatic carbocycles. The number of methoxy groups -OCH3 is 6. The van der Waals surface area contributed by atoms with Crippen LogP contribution in [0.15, 0.2) is 54.6 Å². The lowest BCUT2D eigenvalue weighted by molar-refractivity contribution is 0.0449. The minimum absolute atomic E-state index is 0.00764. The smallest absolute Gasteiger partial charge is 0.338 e. The molecular formula is C30H32O10. The number of hydrogen-bond acceptors (Lipinski definition) is 10. The van der Waals surface area contributed by atoms with E-state index in [9.17, 15) is 9.59 Å². The van der Waals surface area contributed by atoms with Crippen molar-refractivity contribution in [3.05, 3.63) is 71.3 Å². The van der Waals surface area contributed by atoms with Crippen molar-refractivity contribution in [2.45, 2.75) is 0 Å². The monoisotopic (exact) mass is 552 g/mol. The molecule has 0 spiro atoms. The second-order valence-electron chi connectivity index (χ2n) is 8.08. The van der Waals surface area contributed by atoms with E-state index in [0.717, 1.165) is 0 Å². The van der Waals surface area contributed by atoms with Crippen LogP contribution in [0.1, 0.15) is 26.3 Å². The van der Waals surface area contributed by atoms with E-state index < -0.39 is 5.97 Å². The van der Waals surface area contributed by atoms with Crippen molar-refractivity contribution in [1.82, 2.24) is 0 Å². The molecule has 0 bridgehead atoms. The highest BCUT2D eigenvalue weighted by molar-refractivity contribution is 6.06. The van der Waals surface area contributed by atoms with Crippen LogP contribution in [-0.2, 0) is 4.74 Å². The summed E-state index contributed by atoms with van der Waals surface area (Å²) in [7, 11) is 8.98. The minimum atomic E-state index is -0.567. The maximum Gasteiger partial charge on any atom is 0.338 e. The van der Waals surface area contributed by atoms with Gasteiger partial charge in [0.05, 0.1) is 48.2 Å². The lowest BCUT2D eigenvalue weighted by Gasteiger charge is -2.14. The molecule has 0 amide bonds. The summed E-state index contributed by atoms with van der Waals surface area (Å²) < 4.78 is 42.7. The Labute approximate surface area is 232 Å². The topological polar surface area (TPSA) is 108 Å². The van der Waals surface area contributed by atoms with Gasteiger partial charge in [0, 0.05) is 5.56 Å². The van der Waals surface area contributed by atoms with E-state index in [1.165, 1.54) is 60.9 Å². The number of ketones is 1. The van der Waals surface area contributed by atoms with Gasteiger partial charge < -0.3 is 37.9 Å². The van der Waals surface area contributed by atoms with Crippen LogP contribution in [0.25, 0.3) is 6.08 Å². The molecule has 0 saturated heterocycles. The molecule has 40 heavy (non-hydrogen) atoms. The van der Waals surface area contributed by atoms with Gasteiger partial charge in [-0.2, -0.15) is 0 Å². The summed E-state index contributed by atoms with van der Waals surface area (Å²) in [5, 5.41) is 0. The van der Waals surface area contributed by atoms with Gasteiger partial charge in [0.15, 0.2) is 28.8 Å². The zero-order chi connectivity index (χ0) is 29.1. The van der Waals surface area contributed by atoms with Crippen LogP contribution in [0.2, 0.25) is 0 Å². The number of allylic oxidation sites excluding steroid dienone is 1. The first-order valence-electron chi connectivity index (χ1n) is 12.1. The van der Waals surface area contributed by atoms with E-state index in [-0.39, 0.29) is 24.6 Å². The summed E-state index contributed by atoms with van der Waals surface area (Å²) >= 11 is 0. The van der Waals surface area contributed by atoms with Crippen molar-refractivity contribution in [2.75, 3.05) is 55.9 Å². The quantitative estimate of drug-likeness (QED) is 0.119. The van der Waals surface area contributed by atoms with Gasteiger partial charge in [-0.3, -0.25) is 4.79 Å². The van der Waals surface area contributed by atoms with Crippen LogP contribution in [-0.4, -0.2) is 67.6 Å². The summed E-state index contributed by atoms with van der Waals surface area (Å²) in [6, 6.07) is 13.2. The zero-order valence-corrected chi connectivity index (χ0v) is 23.3. The number of carbonyl (C=O) groups is 2. The van der Waals surface area contributed by atoms with E-state index in [1.54, 1.807) is 42.5 Å². The van der Waals surface area contributed by atoms with Gasteiger partial charge in [-0.15, -0.1) is 0 Å². The van der Waals surface area contributed by atoms with Crippen molar-refractivity contribution in [2.24, 2.45) is 0 Å². The SMILES string of the molecule is COc1cc(/C=C/C(=O)c2ccc(OCCOC(=O)c3cc(OC)c(OC)c(OC)c3)cc2)cc(OC)c1OC. The average molecular weight is 553 g/mol. The molecule has 0 unspecified atom stereocenters. The Morgan fingerprint density at radius 1 is 0.625 bits per heavy atom.